The SMILES string of the molecule is COc1cc(Nc2ncc(F)c(NC3=NC(C)(C)C(=O)C=C3)n2)cc(OC)c1OC. The minimum atomic E-state index is -0.933. The van der Waals surface area contributed by atoms with Crippen LogP contribution in [-0.4, -0.2) is 48.5 Å². The van der Waals surface area contributed by atoms with E-state index in [0.29, 0.717) is 28.8 Å². The largest absolute Gasteiger partial charge is 0.493 e. The molecule has 1 aromatic carbocycles. The first-order valence-electron chi connectivity index (χ1n) is 8.96. The summed E-state index contributed by atoms with van der Waals surface area (Å²) in [6.07, 6.45) is 3.89. The number of aliphatic imine (C=N–C) groups is 1. The lowest BCUT2D eigenvalue weighted by Crippen LogP contribution is -2.34. The number of rotatable bonds is 6. The van der Waals surface area contributed by atoms with Crippen LogP contribution in [0.1, 0.15) is 13.8 Å². The highest BCUT2D eigenvalue weighted by molar-refractivity contribution is 6.13. The van der Waals surface area contributed by atoms with E-state index in [0.717, 1.165) is 6.20 Å². The van der Waals surface area contributed by atoms with Crippen molar-refractivity contribution in [3.63, 3.8) is 0 Å². The highest BCUT2D eigenvalue weighted by atomic mass is 19.1. The molecule has 1 aliphatic heterocycles. The van der Waals surface area contributed by atoms with Crippen molar-refractivity contribution >= 4 is 29.1 Å². The monoisotopic (exact) mass is 415 g/mol. The van der Waals surface area contributed by atoms with Gasteiger partial charge in [-0.3, -0.25) is 9.79 Å². The zero-order valence-electron chi connectivity index (χ0n) is 17.2. The molecule has 0 unspecified atom stereocenters. The van der Waals surface area contributed by atoms with E-state index in [1.54, 1.807) is 26.0 Å². The van der Waals surface area contributed by atoms with Crippen molar-refractivity contribution in [1.29, 1.82) is 0 Å². The maximum atomic E-state index is 14.3. The topological polar surface area (TPSA) is 107 Å². The molecule has 0 atom stereocenters. The van der Waals surface area contributed by atoms with Gasteiger partial charge in [-0.05, 0) is 26.0 Å². The number of dihydropyridines is 1. The number of anilines is 3. The number of hydrogen-bond donors (Lipinski definition) is 2. The van der Waals surface area contributed by atoms with E-state index in [1.165, 1.54) is 33.5 Å². The number of nitrogens with zero attached hydrogens (tertiary/aromatic N) is 3. The second kappa shape index (κ2) is 8.36. The molecule has 1 aliphatic rings. The molecule has 0 saturated carbocycles. The fourth-order valence-corrected chi connectivity index (χ4v) is 2.74. The number of ketones is 1. The van der Waals surface area contributed by atoms with E-state index in [1.807, 2.05) is 0 Å². The van der Waals surface area contributed by atoms with Crippen molar-refractivity contribution in [3.8, 4) is 17.2 Å². The van der Waals surface area contributed by atoms with Crippen molar-refractivity contribution in [3.05, 3.63) is 36.3 Å². The van der Waals surface area contributed by atoms with E-state index >= 15 is 0 Å². The Labute approximate surface area is 173 Å². The number of amidine groups is 1. The number of methoxy groups -OCH3 is 3. The summed E-state index contributed by atoms with van der Waals surface area (Å²) in [6.45, 7) is 3.35. The molecule has 2 heterocycles. The highest BCUT2D eigenvalue weighted by Gasteiger charge is 2.28. The van der Waals surface area contributed by atoms with Gasteiger partial charge in [-0.15, -0.1) is 0 Å². The first-order valence-corrected chi connectivity index (χ1v) is 8.96. The smallest absolute Gasteiger partial charge is 0.229 e. The zero-order valence-corrected chi connectivity index (χ0v) is 17.2. The van der Waals surface area contributed by atoms with Crippen molar-refractivity contribution in [2.24, 2.45) is 4.99 Å². The van der Waals surface area contributed by atoms with Gasteiger partial charge in [0.15, 0.2) is 28.9 Å². The predicted molar refractivity (Wildman–Crippen MR) is 111 cm³/mol. The Hall–Kier alpha value is -3.69. The summed E-state index contributed by atoms with van der Waals surface area (Å²) >= 11 is 0. The van der Waals surface area contributed by atoms with E-state index in [-0.39, 0.29) is 17.5 Å². The van der Waals surface area contributed by atoms with Gasteiger partial charge in [0, 0.05) is 17.8 Å². The van der Waals surface area contributed by atoms with E-state index in [2.05, 4.69) is 25.6 Å². The molecule has 1 aromatic heterocycles. The molecule has 0 amide bonds. The third-order valence-electron chi connectivity index (χ3n) is 4.31. The Balaban J connectivity index is 1.88. The molecule has 30 heavy (non-hydrogen) atoms. The lowest BCUT2D eigenvalue weighted by atomic mass is 9.97. The molecule has 10 heteroatoms. The maximum Gasteiger partial charge on any atom is 0.229 e. The van der Waals surface area contributed by atoms with Crippen LogP contribution in [0.3, 0.4) is 0 Å². The Morgan fingerprint density at radius 2 is 1.67 bits per heavy atom. The van der Waals surface area contributed by atoms with E-state index < -0.39 is 11.4 Å². The van der Waals surface area contributed by atoms with Crippen LogP contribution in [0.5, 0.6) is 17.2 Å². The molecule has 0 spiro atoms. The summed E-state index contributed by atoms with van der Waals surface area (Å²) in [4.78, 5) is 24.2. The normalized spacial score (nSPS) is 14.7. The Morgan fingerprint density at radius 3 is 2.23 bits per heavy atom. The average molecular weight is 415 g/mol. The molecular weight excluding hydrogens is 393 g/mol. The van der Waals surface area contributed by atoms with Crippen LogP contribution < -0.4 is 24.8 Å². The van der Waals surface area contributed by atoms with Gasteiger partial charge in [-0.2, -0.15) is 4.98 Å². The van der Waals surface area contributed by atoms with Crippen molar-refractivity contribution in [2.75, 3.05) is 32.0 Å². The van der Waals surface area contributed by atoms with Crippen molar-refractivity contribution in [1.82, 2.24) is 9.97 Å². The molecule has 0 radical (unpaired) electrons. The van der Waals surface area contributed by atoms with Gasteiger partial charge in [0.2, 0.25) is 11.7 Å². The standard InChI is InChI=1S/C20H22FN5O4/c1-20(2)15(27)6-7-16(26-20)24-18-12(21)10-22-19(25-18)23-11-8-13(28-3)17(30-5)14(9-11)29-4/h6-10H,1-5H3,(H2,22,23,24,25,26). The van der Waals surface area contributed by atoms with Gasteiger partial charge in [0.05, 0.1) is 27.5 Å². The molecule has 0 saturated heterocycles. The van der Waals surface area contributed by atoms with Crippen molar-refractivity contribution in [2.45, 2.75) is 19.4 Å². The number of carbonyl (C=O) groups is 1. The Kier molecular flexibility index (Phi) is 5.86. The van der Waals surface area contributed by atoms with Crippen LogP contribution in [0.25, 0.3) is 0 Å². The lowest BCUT2D eigenvalue weighted by Gasteiger charge is -2.21. The molecule has 2 N–H and O–H groups in total. The molecule has 158 valence electrons. The van der Waals surface area contributed by atoms with E-state index in [4.69, 9.17) is 14.2 Å². The second-order valence-corrected chi connectivity index (χ2v) is 6.81. The Bertz CT molecular complexity index is 1010. The number of hydrogen-bond acceptors (Lipinski definition) is 9. The summed E-state index contributed by atoms with van der Waals surface area (Å²) in [7, 11) is 4.51. The van der Waals surface area contributed by atoms with Gasteiger partial charge >= 0.3 is 0 Å². The maximum absolute atomic E-state index is 14.3. The quantitative estimate of drug-likeness (QED) is 0.741. The number of nitrogens with one attached hydrogen (secondary N) is 2. The first kappa shape index (κ1) is 21.0. The highest BCUT2D eigenvalue weighted by Crippen LogP contribution is 2.40. The van der Waals surface area contributed by atoms with Crippen LogP contribution in [0.4, 0.5) is 21.8 Å². The minimum absolute atomic E-state index is 0.0894. The molecule has 9 nitrogen and oxygen atoms in total. The van der Waals surface area contributed by atoms with Crippen LogP contribution in [0.15, 0.2) is 35.5 Å². The molecule has 3 rings (SSSR count). The Morgan fingerprint density at radius 1 is 1.00 bits per heavy atom. The summed E-state index contributed by atoms with van der Waals surface area (Å²) in [6, 6.07) is 3.34. The number of aromatic nitrogens is 2. The lowest BCUT2D eigenvalue weighted by molar-refractivity contribution is -0.118. The summed E-state index contributed by atoms with van der Waals surface area (Å²) in [5, 5.41) is 5.77. The third kappa shape index (κ3) is 4.32. The van der Waals surface area contributed by atoms with Crippen molar-refractivity contribution < 1.29 is 23.4 Å². The van der Waals surface area contributed by atoms with Crippen LogP contribution in [0, 0.1) is 5.82 Å². The molecule has 0 aliphatic carbocycles. The molecule has 0 fully saturated rings. The van der Waals surface area contributed by atoms with Gasteiger partial charge in [0.1, 0.15) is 11.4 Å². The summed E-state index contributed by atoms with van der Waals surface area (Å²) in [5.41, 5.74) is -0.388. The van der Waals surface area contributed by atoms with E-state index in [9.17, 15) is 9.18 Å². The van der Waals surface area contributed by atoms with Gasteiger partial charge in [-0.1, -0.05) is 0 Å². The van der Waals surface area contributed by atoms with Crippen LogP contribution >= 0.6 is 0 Å². The molecular formula is C20H22FN5O4. The van der Waals surface area contributed by atoms with Gasteiger partial charge in [0.25, 0.3) is 0 Å². The summed E-state index contributed by atoms with van der Waals surface area (Å²) in [5.74, 6) is 0.861. The fraction of sp³-hybridized carbons (Fsp3) is 0.300. The average Bonchev–Trinajstić information content (AvgIpc) is 2.72. The second-order valence-electron chi connectivity index (χ2n) is 6.81. The van der Waals surface area contributed by atoms with Gasteiger partial charge < -0.3 is 24.8 Å². The predicted octanol–water partition coefficient (Wildman–Crippen LogP) is 3.11. The molecule has 0 bridgehead atoms. The third-order valence-corrected chi connectivity index (χ3v) is 4.31. The van der Waals surface area contributed by atoms with Crippen LogP contribution in [-0.2, 0) is 4.79 Å². The molecule has 2 aromatic rings. The summed E-state index contributed by atoms with van der Waals surface area (Å²) < 4.78 is 30.2. The number of halogens is 1. The fourth-order valence-electron chi connectivity index (χ4n) is 2.74. The zero-order chi connectivity index (χ0) is 21.9. The van der Waals surface area contributed by atoms with Crippen LogP contribution in [0.2, 0.25) is 0 Å². The minimum Gasteiger partial charge on any atom is -0.493 e. The number of carbonyl (C=O) groups excluding carboxylic acids is 1. The van der Waals surface area contributed by atoms with Gasteiger partial charge in [-0.25, -0.2) is 9.37 Å². The number of ether oxygens (including phenoxy) is 3. The first-order chi connectivity index (χ1) is 14.3. The number of benzene rings is 1.